The van der Waals surface area contributed by atoms with E-state index in [0.717, 1.165) is 12.8 Å². The van der Waals surface area contributed by atoms with Crippen molar-refractivity contribution in [3.63, 3.8) is 0 Å². The predicted molar refractivity (Wildman–Crippen MR) is 61.1 cm³/mol. The molecule has 4 heteroatoms. The van der Waals surface area contributed by atoms with E-state index >= 15 is 0 Å². The van der Waals surface area contributed by atoms with Gasteiger partial charge in [0.2, 0.25) is 0 Å². The van der Waals surface area contributed by atoms with Crippen molar-refractivity contribution in [1.29, 1.82) is 0 Å². The maximum atomic E-state index is 13.1. The molecule has 1 saturated carbocycles. The summed E-state index contributed by atoms with van der Waals surface area (Å²) in [5.41, 5.74) is 0. The van der Waals surface area contributed by atoms with Gasteiger partial charge in [-0.25, -0.2) is 8.60 Å². The zero-order valence-electron chi connectivity index (χ0n) is 8.97. The molecule has 16 heavy (non-hydrogen) atoms. The second-order valence-electron chi connectivity index (χ2n) is 4.03. The molecule has 1 fully saturated rings. The van der Waals surface area contributed by atoms with Crippen LogP contribution in [0.2, 0.25) is 0 Å². The fourth-order valence-corrected chi connectivity index (χ4v) is 2.80. The smallest absolute Gasteiger partial charge is 0.189 e. The van der Waals surface area contributed by atoms with Crippen molar-refractivity contribution in [3.05, 3.63) is 30.3 Å². The monoisotopic (exact) mass is 242 g/mol. The maximum absolute atomic E-state index is 13.1. The summed E-state index contributed by atoms with van der Waals surface area (Å²) in [5.74, 6) is 0. The van der Waals surface area contributed by atoms with Gasteiger partial charge in [-0.3, -0.25) is 4.18 Å². The maximum Gasteiger partial charge on any atom is 0.189 e. The molecule has 0 spiro atoms. The minimum Gasteiger partial charge on any atom is -0.283 e. The second kappa shape index (κ2) is 5.55. The highest BCUT2D eigenvalue weighted by atomic mass is 32.2. The Labute approximate surface area is 97.5 Å². The zero-order chi connectivity index (χ0) is 11.4. The first kappa shape index (κ1) is 11.7. The molecule has 0 saturated heterocycles. The summed E-state index contributed by atoms with van der Waals surface area (Å²) in [7, 11) is 0. The van der Waals surface area contributed by atoms with Gasteiger partial charge in [-0.1, -0.05) is 18.2 Å². The number of halogens is 1. The highest BCUT2D eigenvalue weighted by Gasteiger charge is 2.24. The van der Waals surface area contributed by atoms with E-state index in [1.165, 1.54) is 0 Å². The molecular formula is C12H15FO2S. The van der Waals surface area contributed by atoms with Gasteiger partial charge in [0, 0.05) is 6.42 Å². The van der Waals surface area contributed by atoms with Gasteiger partial charge in [0.1, 0.15) is 6.17 Å². The Morgan fingerprint density at radius 1 is 1.25 bits per heavy atom. The minimum absolute atomic E-state index is 0.204. The summed E-state index contributed by atoms with van der Waals surface area (Å²) in [6.45, 7) is 0. The minimum atomic E-state index is -1.46. The van der Waals surface area contributed by atoms with Crippen molar-refractivity contribution in [2.45, 2.75) is 42.9 Å². The van der Waals surface area contributed by atoms with Crippen molar-refractivity contribution in [2.24, 2.45) is 0 Å². The lowest BCUT2D eigenvalue weighted by molar-refractivity contribution is 0.115. The van der Waals surface area contributed by atoms with Crippen LogP contribution in [0.15, 0.2) is 35.2 Å². The van der Waals surface area contributed by atoms with Crippen LogP contribution in [-0.4, -0.2) is 16.5 Å². The van der Waals surface area contributed by atoms with Gasteiger partial charge in [-0.05, 0) is 31.4 Å². The third kappa shape index (κ3) is 3.12. The molecular weight excluding hydrogens is 227 g/mol. The lowest BCUT2D eigenvalue weighted by Gasteiger charge is -2.23. The largest absolute Gasteiger partial charge is 0.283 e. The van der Waals surface area contributed by atoms with Crippen LogP contribution in [-0.2, 0) is 15.3 Å². The van der Waals surface area contributed by atoms with E-state index in [-0.39, 0.29) is 6.10 Å². The lowest BCUT2D eigenvalue weighted by Crippen LogP contribution is -2.24. The van der Waals surface area contributed by atoms with E-state index < -0.39 is 17.3 Å². The molecule has 0 aromatic heterocycles. The predicted octanol–water partition coefficient (Wildman–Crippen LogP) is 3.01. The first-order valence-corrected chi connectivity index (χ1v) is 6.61. The van der Waals surface area contributed by atoms with Crippen LogP contribution in [0.5, 0.6) is 0 Å². The van der Waals surface area contributed by atoms with Gasteiger partial charge < -0.3 is 0 Å². The summed E-state index contributed by atoms with van der Waals surface area (Å²) in [6, 6.07) is 9.00. The third-order valence-corrected chi connectivity index (χ3v) is 3.83. The molecule has 3 atom stereocenters. The zero-order valence-corrected chi connectivity index (χ0v) is 9.79. The normalized spacial score (nSPS) is 27.6. The quantitative estimate of drug-likeness (QED) is 0.814. The van der Waals surface area contributed by atoms with Crippen LogP contribution in [0.25, 0.3) is 0 Å². The molecule has 0 aliphatic heterocycles. The topological polar surface area (TPSA) is 26.3 Å². The lowest BCUT2D eigenvalue weighted by atomic mass is 9.96. The van der Waals surface area contributed by atoms with Crippen molar-refractivity contribution in [2.75, 3.05) is 0 Å². The average molecular weight is 242 g/mol. The molecule has 0 amide bonds. The fraction of sp³-hybridized carbons (Fsp3) is 0.500. The molecule has 1 aromatic carbocycles. The summed E-state index contributed by atoms with van der Waals surface area (Å²) in [4.78, 5) is 0.642. The Hall–Kier alpha value is -0.740. The molecule has 0 heterocycles. The van der Waals surface area contributed by atoms with Gasteiger partial charge in [-0.15, -0.1) is 0 Å². The SMILES string of the molecule is O=S(OC1CCCC(F)C1)c1ccccc1. The molecule has 1 aliphatic rings. The van der Waals surface area contributed by atoms with Crippen molar-refractivity contribution >= 4 is 11.1 Å². The molecule has 2 rings (SSSR count). The van der Waals surface area contributed by atoms with Crippen molar-refractivity contribution in [1.82, 2.24) is 0 Å². The molecule has 1 aromatic rings. The van der Waals surface area contributed by atoms with Crippen LogP contribution in [0.3, 0.4) is 0 Å². The first-order valence-electron chi connectivity index (χ1n) is 5.54. The molecule has 3 unspecified atom stereocenters. The van der Waals surface area contributed by atoms with Crippen LogP contribution in [0.4, 0.5) is 4.39 Å². The number of rotatable bonds is 3. The number of hydrogen-bond donors (Lipinski definition) is 0. The number of hydrogen-bond acceptors (Lipinski definition) is 2. The Bertz CT molecular complexity index is 355. The second-order valence-corrected chi connectivity index (χ2v) is 5.16. The average Bonchev–Trinajstić information content (AvgIpc) is 2.30. The highest BCUT2D eigenvalue weighted by Crippen LogP contribution is 2.25. The van der Waals surface area contributed by atoms with E-state index in [2.05, 4.69) is 0 Å². The van der Waals surface area contributed by atoms with Crippen molar-refractivity contribution in [3.8, 4) is 0 Å². The molecule has 0 bridgehead atoms. The molecule has 0 radical (unpaired) electrons. The summed E-state index contributed by atoms with van der Waals surface area (Å²) in [6.07, 6.45) is 1.60. The Balaban J connectivity index is 1.92. The third-order valence-electron chi connectivity index (χ3n) is 2.72. The highest BCUT2D eigenvalue weighted by molar-refractivity contribution is 7.80. The van der Waals surface area contributed by atoms with E-state index in [4.69, 9.17) is 4.18 Å². The van der Waals surface area contributed by atoms with E-state index in [1.807, 2.05) is 18.2 Å². The Kier molecular flexibility index (Phi) is 4.07. The Morgan fingerprint density at radius 2 is 2.00 bits per heavy atom. The summed E-state index contributed by atoms with van der Waals surface area (Å²) >= 11 is -1.46. The number of alkyl halides is 1. The molecule has 1 aliphatic carbocycles. The van der Waals surface area contributed by atoms with E-state index in [0.29, 0.717) is 17.7 Å². The van der Waals surface area contributed by atoms with Crippen LogP contribution in [0.1, 0.15) is 25.7 Å². The fourth-order valence-electron chi connectivity index (χ4n) is 1.89. The van der Waals surface area contributed by atoms with E-state index in [9.17, 15) is 8.60 Å². The van der Waals surface area contributed by atoms with E-state index in [1.54, 1.807) is 12.1 Å². The van der Waals surface area contributed by atoms with Crippen LogP contribution >= 0.6 is 0 Å². The van der Waals surface area contributed by atoms with Gasteiger partial charge >= 0.3 is 0 Å². The van der Waals surface area contributed by atoms with Crippen LogP contribution in [0, 0.1) is 0 Å². The van der Waals surface area contributed by atoms with Crippen LogP contribution < -0.4 is 0 Å². The number of benzene rings is 1. The first-order chi connectivity index (χ1) is 7.75. The summed E-state index contributed by atoms with van der Waals surface area (Å²) < 4.78 is 30.3. The molecule has 0 N–H and O–H groups in total. The van der Waals surface area contributed by atoms with Gasteiger partial charge in [-0.2, -0.15) is 0 Å². The summed E-state index contributed by atoms with van der Waals surface area (Å²) in [5, 5.41) is 0. The van der Waals surface area contributed by atoms with Gasteiger partial charge in [0.25, 0.3) is 0 Å². The Morgan fingerprint density at radius 3 is 2.69 bits per heavy atom. The van der Waals surface area contributed by atoms with Gasteiger partial charge in [0.05, 0.1) is 11.0 Å². The standard InChI is InChI=1S/C12H15FO2S/c13-10-5-4-6-11(9-10)15-16(14)12-7-2-1-3-8-12/h1-3,7-8,10-11H,4-6,9H2. The molecule has 88 valence electrons. The van der Waals surface area contributed by atoms with Gasteiger partial charge in [0.15, 0.2) is 11.1 Å². The van der Waals surface area contributed by atoms with Crippen molar-refractivity contribution < 1.29 is 12.8 Å². The molecule has 2 nitrogen and oxygen atoms in total.